The van der Waals surface area contributed by atoms with Gasteiger partial charge in [0.2, 0.25) is 5.91 Å². The second kappa shape index (κ2) is 8.26. The van der Waals surface area contributed by atoms with E-state index < -0.39 is 17.8 Å². The van der Waals surface area contributed by atoms with Gasteiger partial charge < -0.3 is 10.0 Å². The lowest BCUT2D eigenvalue weighted by Crippen LogP contribution is -2.40. The molecule has 0 spiro atoms. The van der Waals surface area contributed by atoms with E-state index in [2.05, 4.69) is 0 Å². The van der Waals surface area contributed by atoms with Crippen molar-refractivity contribution >= 4 is 11.9 Å². The fourth-order valence-corrected chi connectivity index (χ4v) is 2.96. The van der Waals surface area contributed by atoms with Crippen LogP contribution < -0.4 is 0 Å². The average molecular weight is 291 g/mol. The monoisotopic (exact) mass is 291 g/mol. The normalized spacial score (nSPS) is 24.0. The molecule has 0 bridgehead atoms. The maximum atomic E-state index is 12.6. The Morgan fingerprint density at radius 2 is 1.67 bits per heavy atom. The van der Waals surface area contributed by atoms with Crippen LogP contribution >= 0.6 is 0 Å². The standard InChI is InChI=1S/C15H21N3O3/c1-2-11-9-12(13(10-11)15(20)21)14(19)18(7-3-5-16)8-4-6-17/h11-13H,2-4,7-10H2,1H3,(H,20,21)/t11?,12-,13+/m0/s1. The molecule has 3 atom stereocenters. The van der Waals surface area contributed by atoms with Crippen molar-refractivity contribution in [1.82, 2.24) is 4.90 Å². The molecule has 1 N–H and O–H groups in total. The number of hydrogen-bond donors (Lipinski definition) is 1. The van der Waals surface area contributed by atoms with Gasteiger partial charge >= 0.3 is 5.97 Å². The SMILES string of the molecule is CCC1C[C@H](C(=O)N(CCC#N)CCC#N)[C@H](C(=O)O)C1. The van der Waals surface area contributed by atoms with Crippen molar-refractivity contribution < 1.29 is 14.7 Å². The van der Waals surface area contributed by atoms with E-state index in [9.17, 15) is 14.7 Å². The van der Waals surface area contributed by atoms with Crippen LogP contribution in [0.1, 0.15) is 39.0 Å². The van der Waals surface area contributed by atoms with Crippen LogP contribution in [0.2, 0.25) is 0 Å². The van der Waals surface area contributed by atoms with Gasteiger partial charge in [0.15, 0.2) is 0 Å². The van der Waals surface area contributed by atoms with E-state index in [1.807, 2.05) is 19.1 Å². The maximum absolute atomic E-state index is 12.6. The maximum Gasteiger partial charge on any atom is 0.307 e. The number of carboxylic acids is 1. The van der Waals surface area contributed by atoms with E-state index in [1.54, 1.807) is 0 Å². The van der Waals surface area contributed by atoms with Gasteiger partial charge in [-0.1, -0.05) is 13.3 Å². The molecule has 114 valence electrons. The highest BCUT2D eigenvalue weighted by molar-refractivity contribution is 5.85. The van der Waals surface area contributed by atoms with Crippen molar-refractivity contribution in [2.24, 2.45) is 17.8 Å². The smallest absolute Gasteiger partial charge is 0.307 e. The summed E-state index contributed by atoms with van der Waals surface area (Å²) in [4.78, 5) is 25.4. The Morgan fingerprint density at radius 1 is 1.14 bits per heavy atom. The predicted molar refractivity (Wildman–Crippen MR) is 74.7 cm³/mol. The van der Waals surface area contributed by atoms with E-state index in [4.69, 9.17) is 10.5 Å². The number of carboxylic acid groups (broad SMARTS) is 1. The molecule has 21 heavy (non-hydrogen) atoms. The van der Waals surface area contributed by atoms with Gasteiger partial charge in [0.1, 0.15) is 0 Å². The lowest BCUT2D eigenvalue weighted by atomic mass is 9.94. The summed E-state index contributed by atoms with van der Waals surface area (Å²) in [6.45, 7) is 2.52. The Kier molecular flexibility index (Phi) is 6.68. The summed E-state index contributed by atoms with van der Waals surface area (Å²) >= 11 is 0. The quantitative estimate of drug-likeness (QED) is 0.769. The Hall–Kier alpha value is -2.08. The zero-order chi connectivity index (χ0) is 15.8. The van der Waals surface area contributed by atoms with E-state index in [0.717, 1.165) is 6.42 Å². The highest BCUT2D eigenvalue weighted by atomic mass is 16.4. The van der Waals surface area contributed by atoms with Gasteiger partial charge in [0, 0.05) is 13.1 Å². The van der Waals surface area contributed by atoms with E-state index >= 15 is 0 Å². The zero-order valence-electron chi connectivity index (χ0n) is 12.3. The summed E-state index contributed by atoms with van der Waals surface area (Å²) in [7, 11) is 0. The fourth-order valence-electron chi connectivity index (χ4n) is 2.96. The molecule has 0 aliphatic heterocycles. The molecule has 1 aliphatic carbocycles. The fraction of sp³-hybridized carbons (Fsp3) is 0.733. The minimum Gasteiger partial charge on any atom is -0.481 e. The Morgan fingerprint density at radius 3 is 2.10 bits per heavy atom. The number of hydrogen-bond acceptors (Lipinski definition) is 4. The van der Waals surface area contributed by atoms with E-state index in [-0.39, 0.29) is 37.8 Å². The highest BCUT2D eigenvalue weighted by Crippen LogP contribution is 2.39. The predicted octanol–water partition coefficient (Wildman–Crippen LogP) is 1.78. The molecule has 1 aliphatic rings. The molecule has 0 aromatic rings. The number of aliphatic carboxylic acids is 1. The van der Waals surface area contributed by atoms with E-state index in [1.165, 1.54) is 4.90 Å². The van der Waals surface area contributed by atoms with Gasteiger partial charge in [0.05, 0.1) is 36.8 Å². The molecule has 0 heterocycles. The van der Waals surface area contributed by atoms with Crippen molar-refractivity contribution in [3.8, 4) is 12.1 Å². The minimum atomic E-state index is -0.926. The molecule has 6 heteroatoms. The molecule has 1 rings (SSSR count). The molecule has 1 fully saturated rings. The molecule has 0 radical (unpaired) electrons. The number of nitriles is 2. The van der Waals surface area contributed by atoms with Gasteiger partial charge in [-0.15, -0.1) is 0 Å². The second-order valence-electron chi connectivity index (χ2n) is 5.44. The first kappa shape index (κ1) is 17.0. The lowest BCUT2D eigenvalue weighted by molar-refractivity contribution is -0.149. The molecule has 1 amide bonds. The Balaban J connectivity index is 2.82. The van der Waals surface area contributed by atoms with Crippen molar-refractivity contribution in [3.63, 3.8) is 0 Å². The molecule has 0 saturated heterocycles. The topological polar surface area (TPSA) is 105 Å². The number of nitrogens with zero attached hydrogens (tertiary/aromatic N) is 3. The number of carbonyl (C=O) groups is 2. The number of rotatable bonds is 7. The molecule has 6 nitrogen and oxygen atoms in total. The zero-order valence-corrected chi connectivity index (χ0v) is 12.3. The molecular formula is C15H21N3O3. The Bertz CT molecular complexity index is 446. The van der Waals surface area contributed by atoms with Crippen LogP contribution in [-0.4, -0.2) is 35.0 Å². The molecule has 1 unspecified atom stereocenters. The second-order valence-corrected chi connectivity index (χ2v) is 5.44. The molecule has 0 aromatic carbocycles. The molecular weight excluding hydrogens is 270 g/mol. The van der Waals surface area contributed by atoms with Crippen LogP contribution in [0.15, 0.2) is 0 Å². The van der Waals surface area contributed by atoms with Crippen LogP contribution in [-0.2, 0) is 9.59 Å². The summed E-state index contributed by atoms with van der Waals surface area (Å²) in [6, 6.07) is 3.96. The first-order valence-electron chi connectivity index (χ1n) is 7.30. The first-order chi connectivity index (χ1) is 10.0. The van der Waals surface area contributed by atoms with Crippen molar-refractivity contribution in [2.75, 3.05) is 13.1 Å². The number of carbonyl (C=O) groups excluding carboxylic acids is 1. The van der Waals surface area contributed by atoms with Gasteiger partial charge in [-0.05, 0) is 18.8 Å². The van der Waals surface area contributed by atoms with E-state index in [0.29, 0.717) is 12.8 Å². The summed E-state index contributed by atoms with van der Waals surface area (Å²) in [5.41, 5.74) is 0. The third-order valence-electron chi connectivity index (χ3n) is 4.17. The lowest BCUT2D eigenvalue weighted by Gasteiger charge is -2.25. The summed E-state index contributed by atoms with van der Waals surface area (Å²) in [6.07, 6.45) is 2.37. The van der Waals surface area contributed by atoms with Crippen molar-refractivity contribution in [1.29, 1.82) is 10.5 Å². The average Bonchev–Trinajstić information content (AvgIpc) is 2.91. The van der Waals surface area contributed by atoms with Crippen LogP contribution in [0.5, 0.6) is 0 Å². The minimum absolute atomic E-state index is 0.193. The first-order valence-corrected chi connectivity index (χ1v) is 7.30. The van der Waals surface area contributed by atoms with Crippen molar-refractivity contribution in [2.45, 2.75) is 39.0 Å². The third-order valence-corrected chi connectivity index (χ3v) is 4.17. The van der Waals surface area contributed by atoms with Crippen LogP contribution in [0.4, 0.5) is 0 Å². The summed E-state index contributed by atoms with van der Waals surface area (Å²) < 4.78 is 0. The largest absolute Gasteiger partial charge is 0.481 e. The van der Waals surface area contributed by atoms with Crippen molar-refractivity contribution in [3.05, 3.63) is 0 Å². The highest BCUT2D eigenvalue weighted by Gasteiger charge is 2.43. The van der Waals surface area contributed by atoms with Gasteiger partial charge in [0.25, 0.3) is 0 Å². The number of amides is 1. The summed E-state index contributed by atoms with van der Waals surface area (Å²) in [5, 5.41) is 26.6. The van der Waals surface area contributed by atoms with Crippen LogP contribution in [0.25, 0.3) is 0 Å². The Labute approximate surface area is 125 Å². The van der Waals surface area contributed by atoms with Gasteiger partial charge in [-0.25, -0.2) is 0 Å². The summed E-state index contributed by atoms with van der Waals surface area (Å²) in [5.74, 6) is -2.05. The van der Waals surface area contributed by atoms with Crippen LogP contribution in [0.3, 0.4) is 0 Å². The van der Waals surface area contributed by atoms with Crippen LogP contribution in [0, 0.1) is 40.4 Å². The van der Waals surface area contributed by atoms with Gasteiger partial charge in [-0.3, -0.25) is 9.59 Å². The third kappa shape index (κ3) is 4.46. The van der Waals surface area contributed by atoms with Gasteiger partial charge in [-0.2, -0.15) is 10.5 Å². The molecule has 1 saturated carbocycles. The molecule has 0 aromatic heterocycles.